The highest BCUT2D eigenvalue weighted by Gasteiger charge is 2.28. The Balaban J connectivity index is 2.09. The van der Waals surface area contributed by atoms with Crippen molar-refractivity contribution in [3.63, 3.8) is 0 Å². The number of rotatable bonds is 2. The van der Waals surface area contributed by atoms with Crippen molar-refractivity contribution in [2.75, 3.05) is 0 Å². The lowest BCUT2D eigenvalue weighted by Gasteiger charge is -2.04. The summed E-state index contributed by atoms with van der Waals surface area (Å²) in [6.45, 7) is 3.87. The Hall–Kier alpha value is -0.940. The molecule has 0 radical (unpaired) electrons. The Kier molecular flexibility index (Phi) is 2.52. The molecule has 1 fully saturated rings. The average molecular weight is 197 g/mol. The molecule has 2 N–H and O–H groups in total. The minimum absolute atomic E-state index is 0.0370. The number of ether oxygens (including phenoxy) is 1. The first kappa shape index (κ1) is 9.61. The van der Waals surface area contributed by atoms with E-state index in [1.165, 1.54) is 0 Å². The van der Waals surface area contributed by atoms with Crippen molar-refractivity contribution in [1.82, 2.24) is 10.1 Å². The standard InChI is InChI=1S/C9H15N3O2/c1-5-3-4-7(13-5)9-11-8(6(2)10)12-14-9/h5-7H,3-4,10H2,1-2H3. The molecule has 1 aromatic rings. The lowest BCUT2D eigenvalue weighted by molar-refractivity contribution is 0.0355. The van der Waals surface area contributed by atoms with Gasteiger partial charge in [-0.25, -0.2) is 0 Å². The third-order valence-corrected chi connectivity index (χ3v) is 2.37. The zero-order valence-corrected chi connectivity index (χ0v) is 8.43. The molecule has 2 heterocycles. The molecule has 1 aliphatic heterocycles. The summed E-state index contributed by atoms with van der Waals surface area (Å²) in [7, 11) is 0. The third kappa shape index (κ3) is 1.78. The van der Waals surface area contributed by atoms with E-state index in [2.05, 4.69) is 10.1 Å². The molecule has 0 amide bonds. The van der Waals surface area contributed by atoms with E-state index in [1.54, 1.807) is 0 Å². The molecular weight excluding hydrogens is 182 g/mol. The van der Waals surface area contributed by atoms with Gasteiger partial charge in [-0.3, -0.25) is 0 Å². The quantitative estimate of drug-likeness (QED) is 0.774. The molecule has 0 saturated carbocycles. The van der Waals surface area contributed by atoms with E-state index >= 15 is 0 Å². The van der Waals surface area contributed by atoms with Crippen LogP contribution >= 0.6 is 0 Å². The van der Waals surface area contributed by atoms with Crippen LogP contribution in [0.3, 0.4) is 0 Å². The Morgan fingerprint density at radius 1 is 1.50 bits per heavy atom. The van der Waals surface area contributed by atoms with Crippen LogP contribution in [0.25, 0.3) is 0 Å². The predicted molar refractivity (Wildman–Crippen MR) is 49.4 cm³/mol. The molecule has 5 heteroatoms. The minimum atomic E-state index is -0.189. The molecule has 78 valence electrons. The summed E-state index contributed by atoms with van der Waals surface area (Å²) in [5.74, 6) is 1.10. The molecule has 1 aliphatic rings. The SMILES string of the molecule is CC1CCC(c2nc(C(C)N)no2)O1. The van der Waals surface area contributed by atoms with Crippen molar-refractivity contribution in [1.29, 1.82) is 0 Å². The molecule has 14 heavy (non-hydrogen) atoms. The van der Waals surface area contributed by atoms with Crippen LogP contribution in [0.15, 0.2) is 4.52 Å². The van der Waals surface area contributed by atoms with Gasteiger partial charge in [0.2, 0.25) is 0 Å². The van der Waals surface area contributed by atoms with Crippen LogP contribution in [0.5, 0.6) is 0 Å². The third-order valence-electron chi connectivity index (χ3n) is 2.37. The predicted octanol–water partition coefficient (Wildman–Crippen LogP) is 1.33. The fourth-order valence-corrected chi connectivity index (χ4v) is 1.55. The van der Waals surface area contributed by atoms with E-state index in [9.17, 15) is 0 Å². The van der Waals surface area contributed by atoms with Crippen molar-refractivity contribution in [2.24, 2.45) is 5.73 Å². The number of aromatic nitrogens is 2. The summed E-state index contributed by atoms with van der Waals surface area (Å²) >= 11 is 0. The maximum absolute atomic E-state index is 5.63. The molecule has 2 rings (SSSR count). The van der Waals surface area contributed by atoms with Gasteiger partial charge in [0.05, 0.1) is 12.1 Å². The van der Waals surface area contributed by atoms with Gasteiger partial charge in [0.1, 0.15) is 6.10 Å². The Bertz CT molecular complexity index is 311. The number of nitrogens with two attached hydrogens (primary N) is 1. The molecule has 1 aromatic heterocycles. The van der Waals surface area contributed by atoms with Crippen molar-refractivity contribution < 1.29 is 9.26 Å². The summed E-state index contributed by atoms with van der Waals surface area (Å²) in [6.07, 6.45) is 2.23. The van der Waals surface area contributed by atoms with Crippen LogP contribution in [-0.4, -0.2) is 16.2 Å². The summed E-state index contributed by atoms with van der Waals surface area (Å²) in [4.78, 5) is 4.20. The van der Waals surface area contributed by atoms with E-state index in [-0.39, 0.29) is 18.2 Å². The Morgan fingerprint density at radius 2 is 2.29 bits per heavy atom. The number of nitrogens with zero attached hydrogens (tertiary/aromatic N) is 2. The fraction of sp³-hybridized carbons (Fsp3) is 0.778. The highest BCUT2D eigenvalue weighted by Crippen LogP contribution is 2.31. The molecule has 5 nitrogen and oxygen atoms in total. The maximum atomic E-state index is 5.63. The molecule has 0 spiro atoms. The lowest BCUT2D eigenvalue weighted by Crippen LogP contribution is -2.07. The van der Waals surface area contributed by atoms with Gasteiger partial charge in [0.15, 0.2) is 5.82 Å². The Labute approximate surface area is 82.6 Å². The second-order valence-corrected chi connectivity index (χ2v) is 3.79. The summed E-state index contributed by atoms with van der Waals surface area (Å²) < 4.78 is 10.7. The molecular formula is C9H15N3O2. The van der Waals surface area contributed by atoms with E-state index in [0.717, 1.165) is 12.8 Å². The normalized spacial score (nSPS) is 29.4. The van der Waals surface area contributed by atoms with Crippen LogP contribution in [0.2, 0.25) is 0 Å². The van der Waals surface area contributed by atoms with Gasteiger partial charge < -0.3 is 15.0 Å². The first-order valence-electron chi connectivity index (χ1n) is 4.91. The van der Waals surface area contributed by atoms with Gasteiger partial charge in [0.25, 0.3) is 5.89 Å². The van der Waals surface area contributed by atoms with Gasteiger partial charge in [0, 0.05) is 0 Å². The van der Waals surface area contributed by atoms with E-state index in [4.69, 9.17) is 15.0 Å². The highest BCUT2D eigenvalue weighted by molar-refractivity contribution is 4.95. The molecule has 3 unspecified atom stereocenters. The molecule has 0 aromatic carbocycles. The highest BCUT2D eigenvalue weighted by atomic mass is 16.5. The molecule has 0 bridgehead atoms. The van der Waals surface area contributed by atoms with Crippen molar-refractivity contribution in [2.45, 2.75) is 44.9 Å². The average Bonchev–Trinajstić information content (AvgIpc) is 2.70. The number of hydrogen-bond donors (Lipinski definition) is 1. The summed E-state index contributed by atoms with van der Waals surface area (Å²) in [6, 6.07) is -0.189. The second-order valence-electron chi connectivity index (χ2n) is 3.79. The van der Waals surface area contributed by atoms with Crippen LogP contribution in [0.1, 0.15) is 50.6 Å². The first-order valence-corrected chi connectivity index (χ1v) is 4.91. The maximum Gasteiger partial charge on any atom is 0.255 e. The van der Waals surface area contributed by atoms with E-state index < -0.39 is 0 Å². The van der Waals surface area contributed by atoms with Crippen LogP contribution in [0.4, 0.5) is 0 Å². The second kappa shape index (κ2) is 3.67. The number of hydrogen-bond acceptors (Lipinski definition) is 5. The first-order chi connectivity index (χ1) is 6.66. The zero-order valence-electron chi connectivity index (χ0n) is 8.43. The van der Waals surface area contributed by atoms with E-state index in [1.807, 2.05) is 13.8 Å². The zero-order chi connectivity index (χ0) is 10.1. The van der Waals surface area contributed by atoms with Crippen LogP contribution in [0, 0.1) is 0 Å². The molecule has 3 atom stereocenters. The van der Waals surface area contributed by atoms with Crippen molar-refractivity contribution >= 4 is 0 Å². The van der Waals surface area contributed by atoms with Gasteiger partial charge >= 0.3 is 0 Å². The van der Waals surface area contributed by atoms with Crippen LogP contribution in [-0.2, 0) is 4.74 Å². The van der Waals surface area contributed by atoms with Gasteiger partial charge in [-0.05, 0) is 26.7 Å². The van der Waals surface area contributed by atoms with Crippen molar-refractivity contribution in [3.05, 3.63) is 11.7 Å². The molecule has 0 aliphatic carbocycles. The van der Waals surface area contributed by atoms with Gasteiger partial charge in [-0.2, -0.15) is 4.98 Å². The largest absolute Gasteiger partial charge is 0.365 e. The van der Waals surface area contributed by atoms with E-state index in [0.29, 0.717) is 11.7 Å². The van der Waals surface area contributed by atoms with Crippen LogP contribution < -0.4 is 5.73 Å². The molecule has 1 saturated heterocycles. The topological polar surface area (TPSA) is 74.2 Å². The van der Waals surface area contributed by atoms with Crippen molar-refractivity contribution in [3.8, 4) is 0 Å². The fourth-order valence-electron chi connectivity index (χ4n) is 1.55. The smallest absolute Gasteiger partial charge is 0.255 e. The van der Waals surface area contributed by atoms with Gasteiger partial charge in [-0.15, -0.1) is 0 Å². The lowest BCUT2D eigenvalue weighted by atomic mass is 10.2. The Morgan fingerprint density at radius 3 is 2.79 bits per heavy atom. The summed E-state index contributed by atoms with van der Waals surface area (Å²) in [5, 5.41) is 3.79. The minimum Gasteiger partial charge on any atom is -0.365 e. The monoisotopic (exact) mass is 197 g/mol. The van der Waals surface area contributed by atoms with Gasteiger partial charge in [-0.1, -0.05) is 5.16 Å². The summed E-state index contributed by atoms with van der Waals surface area (Å²) in [5.41, 5.74) is 5.63.